The molecule has 2 atom stereocenters. The first kappa shape index (κ1) is 26.6. The summed E-state index contributed by atoms with van der Waals surface area (Å²) in [4.78, 5) is 34.9. The Morgan fingerprint density at radius 1 is 1.43 bits per heavy atom. The second-order valence-electron chi connectivity index (χ2n) is 7.12. The van der Waals surface area contributed by atoms with E-state index in [-0.39, 0.29) is 48.4 Å². The number of halogens is 1. The Morgan fingerprint density at radius 3 is 2.77 bits per heavy atom. The van der Waals surface area contributed by atoms with Gasteiger partial charge < -0.3 is 25.0 Å². The van der Waals surface area contributed by atoms with E-state index in [9.17, 15) is 9.59 Å². The molecule has 0 aliphatic carbocycles. The molecule has 0 bridgehead atoms. The number of hydrogen-bond acceptors (Lipinski definition) is 7. The maximum absolute atomic E-state index is 12.1. The van der Waals surface area contributed by atoms with Crippen LogP contribution in [-0.2, 0) is 14.3 Å². The number of carbonyl (C=O) groups excluding carboxylic acids is 2. The highest BCUT2D eigenvalue weighted by atomic mass is 127. The van der Waals surface area contributed by atoms with E-state index in [1.165, 1.54) is 16.2 Å². The van der Waals surface area contributed by atoms with Crippen LogP contribution in [-0.4, -0.2) is 74.7 Å². The molecule has 11 heteroatoms. The molecular weight excluding hydrogens is 521 g/mol. The number of aryl methyl sites for hydroxylation is 1. The van der Waals surface area contributed by atoms with Crippen LogP contribution in [0.5, 0.6) is 0 Å². The number of guanidine groups is 1. The normalized spacial score (nSPS) is 17.1. The lowest BCUT2D eigenvalue weighted by Gasteiger charge is -2.19. The molecule has 1 aromatic heterocycles. The van der Waals surface area contributed by atoms with Crippen LogP contribution >= 0.6 is 35.3 Å². The first-order valence-corrected chi connectivity index (χ1v) is 10.6. The predicted octanol–water partition coefficient (Wildman–Crippen LogP) is 1.97. The van der Waals surface area contributed by atoms with Gasteiger partial charge in [-0.05, 0) is 27.2 Å². The minimum atomic E-state index is -0.356. The maximum atomic E-state index is 12.1. The zero-order valence-electron chi connectivity index (χ0n) is 18.2. The van der Waals surface area contributed by atoms with Crippen molar-refractivity contribution >= 4 is 53.1 Å². The maximum Gasteiger partial charge on any atom is 0.350 e. The smallest absolute Gasteiger partial charge is 0.350 e. The SMILES string of the molecule is CCOC(=O)c1sc(C(C)NC(=NCC(=O)N(C)C)NCC2CCOC2)nc1C.I. The van der Waals surface area contributed by atoms with Crippen LogP contribution in [0.15, 0.2) is 4.99 Å². The van der Waals surface area contributed by atoms with E-state index in [1.807, 2.05) is 6.92 Å². The molecule has 1 saturated heterocycles. The summed E-state index contributed by atoms with van der Waals surface area (Å²) in [5, 5.41) is 7.33. The van der Waals surface area contributed by atoms with E-state index < -0.39 is 0 Å². The third-order valence-electron chi connectivity index (χ3n) is 4.45. The van der Waals surface area contributed by atoms with Gasteiger partial charge in [-0.1, -0.05) is 0 Å². The van der Waals surface area contributed by atoms with E-state index in [0.717, 1.165) is 24.6 Å². The number of rotatable bonds is 8. The molecule has 0 saturated carbocycles. The molecule has 2 N–H and O–H groups in total. The molecule has 1 fully saturated rings. The van der Waals surface area contributed by atoms with Crippen molar-refractivity contribution in [2.45, 2.75) is 33.2 Å². The van der Waals surface area contributed by atoms with E-state index >= 15 is 0 Å². The summed E-state index contributed by atoms with van der Waals surface area (Å²) in [7, 11) is 3.40. The standard InChI is InChI=1S/C19H31N5O4S.HI/c1-6-28-18(26)16-12(2)22-17(29-16)13(3)23-19(21-10-15(25)24(4)5)20-9-14-7-8-27-11-14;/h13-14H,6-11H2,1-5H3,(H2,20,21,23);1H. The van der Waals surface area contributed by atoms with Gasteiger partial charge in [0.25, 0.3) is 0 Å². The molecule has 2 rings (SSSR count). The van der Waals surface area contributed by atoms with Crippen molar-refractivity contribution in [1.82, 2.24) is 20.5 Å². The first-order valence-electron chi connectivity index (χ1n) is 9.79. The van der Waals surface area contributed by atoms with Crippen molar-refractivity contribution < 1.29 is 19.1 Å². The lowest BCUT2D eigenvalue weighted by molar-refractivity contribution is -0.127. The van der Waals surface area contributed by atoms with Crippen molar-refractivity contribution in [2.75, 3.05) is 47.0 Å². The highest BCUT2D eigenvalue weighted by Crippen LogP contribution is 2.24. The zero-order valence-corrected chi connectivity index (χ0v) is 21.3. The van der Waals surface area contributed by atoms with Crippen molar-refractivity contribution in [2.24, 2.45) is 10.9 Å². The second-order valence-corrected chi connectivity index (χ2v) is 8.15. The number of hydrogen-bond donors (Lipinski definition) is 2. The molecule has 1 amide bonds. The van der Waals surface area contributed by atoms with Gasteiger partial charge in [0.15, 0.2) is 5.96 Å². The monoisotopic (exact) mass is 553 g/mol. The number of amides is 1. The van der Waals surface area contributed by atoms with E-state index in [4.69, 9.17) is 9.47 Å². The third kappa shape index (κ3) is 7.99. The van der Waals surface area contributed by atoms with Crippen LogP contribution in [0.25, 0.3) is 0 Å². The van der Waals surface area contributed by atoms with Gasteiger partial charge in [0.1, 0.15) is 16.4 Å². The Kier molecular flexibility index (Phi) is 11.6. The van der Waals surface area contributed by atoms with Gasteiger partial charge in [-0.25, -0.2) is 14.8 Å². The second kappa shape index (κ2) is 13.1. The van der Waals surface area contributed by atoms with Crippen molar-refractivity contribution in [3.63, 3.8) is 0 Å². The summed E-state index contributed by atoms with van der Waals surface area (Å²) in [6, 6.07) is -0.192. The van der Waals surface area contributed by atoms with Crippen LogP contribution in [0.1, 0.15) is 46.7 Å². The quantitative estimate of drug-likeness (QED) is 0.220. The summed E-state index contributed by atoms with van der Waals surface area (Å²) >= 11 is 1.30. The average molecular weight is 553 g/mol. The number of ether oxygens (including phenoxy) is 2. The molecule has 0 radical (unpaired) electrons. The summed E-state index contributed by atoms with van der Waals surface area (Å²) in [6.07, 6.45) is 1.00. The Hall–Kier alpha value is -1.47. The van der Waals surface area contributed by atoms with Gasteiger partial charge in [-0.3, -0.25) is 4.79 Å². The first-order chi connectivity index (χ1) is 13.8. The van der Waals surface area contributed by atoms with E-state index in [0.29, 0.717) is 35.6 Å². The van der Waals surface area contributed by atoms with Gasteiger partial charge in [-0.2, -0.15) is 0 Å². The van der Waals surface area contributed by atoms with Gasteiger partial charge in [0, 0.05) is 33.2 Å². The lowest BCUT2D eigenvalue weighted by Crippen LogP contribution is -2.42. The van der Waals surface area contributed by atoms with Gasteiger partial charge >= 0.3 is 5.97 Å². The molecular formula is C19H32IN5O4S. The number of aliphatic imine (C=N–C) groups is 1. The Balaban J connectivity index is 0.00000450. The summed E-state index contributed by atoms with van der Waals surface area (Å²) in [6.45, 7) is 8.08. The van der Waals surface area contributed by atoms with Crippen LogP contribution in [0, 0.1) is 12.8 Å². The molecule has 9 nitrogen and oxygen atoms in total. The highest BCUT2D eigenvalue weighted by Gasteiger charge is 2.21. The van der Waals surface area contributed by atoms with Crippen LogP contribution in [0.2, 0.25) is 0 Å². The molecule has 170 valence electrons. The van der Waals surface area contributed by atoms with Gasteiger partial charge in [-0.15, -0.1) is 35.3 Å². The largest absolute Gasteiger partial charge is 0.462 e. The third-order valence-corrected chi connectivity index (χ3v) is 5.77. The topological polar surface area (TPSA) is 105 Å². The fraction of sp³-hybridized carbons (Fsp3) is 0.684. The lowest BCUT2D eigenvalue weighted by atomic mass is 10.1. The predicted molar refractivity (Wildman–Crippen MR) is 128 cm³/mol. The van der Waals surface area contributed by atoms with Gasteiger partial charge in [0.05, 0.1) is 24.9 Å². The number of thiazole rings is 1. The number of likely N-dealkylation sites (N-methyl/N-ethyl adjacent to an activating group) is 1. The summed E-state index contributed by atoms with van der Waals surface area (Å²) in [5.41, 5.74) is 0.648. The molecule has 2 unspecified atom stereocenters. The number of carbonyl (C=O) groups is 2. The fourth-order valence-corrected chi connectivity index (χ4v) is 3.64. The minimum Gasteiger partial charge on any atom is -0.462 e. The van der Waals surface area contributed by atoms with Crippen LogP contribution < -0.4 is 10.6 Å². The van der Waals surface area contributed by atoms with Crippen molar-refractivity contribution in [3.8, 4) is 0 Å². The molecule has 30 heavy (non-hydrogen) atoms. The number of nitrogens with one attached hydrogen (secondary N) is 2. The fourth-order valence-electron chi connectivity index (χ4n) is 2.68. The molecule has 2 heterocycles. The van der Waals surface area contributed by atoms with Crippen LogP contribution in [0.4, 0.5) is 0 Å². The number of nitrogens with zero attached hydrogens (tertiary/aromatic N) is 3. The minimum absolute atomic E-state index is 0. The molecule has 1 aliphatic rings. The molecule has 0 spiro atoms. The van der Waals surface area contributed by atoms with Crippen LogP contribution in [0.3, 0.4) is 0 Å². The average Bonchev–Trinajstić information content (AvgIpc) is 3.33. The zero-order chi connectivity index (χ0) is 21.4. The Bertz CT molecular complexity index is 735. The van der Waals surface area contributed by atoms with Crippen molar-refractivity contribution in [1.29, 1.82) is 0 Å². The Labute approximate surface area is 199 Å². The van der Waals surface area contributed by atoms with Crippen molar-refractivity contribution in [3.05, 3.63) is 15.6 Å². The molecule has 1 aliphatic heterocycles. The van der Waals surface area contributed by atoms with E-state index in [1.54, 1.807) is 27.9 Å². The highest BCUT2D eigenvalue weighted by molar-refractivity contribution is 14.0. The number of aromatic nitrogens is 1. The Morgan fingerprint density at radius 2 is 2.17 bits per heavy atom. The molecule has 0 aromatic carbocycles. The van der Waals surface area contributed by atoms with E-state index in [2.05, 4.69) is 20.6 Å². The summed E-state index contributed by atoms with van der Waals surface area (Å²) in [5.74, 6) is 0.507. The van der Waals surface area contributed by atoms with Gasteiger partial charge in [0.2, 0.25) is 5.91 Å². The molecule has 1 aromatic rings. The summed E-state index contributed by atoms with van der Waals surface area (Å²) < 4.78 is 10.5. The number of esters is 1.